The molecule has 1 N–H and O–H groups in total. The molecule has 90 valence electrons. The average molecular weight is 214 g/mol. The topological polar surface area (TPSA) is 24.5 Å². The maximum atomic E-state index is 5.33. The van der Waals surface area contributed by atoms with Crippen molar-refractivity contribution in [3.05, 3.63) is 0 Å². The van der Waals surface area contributed by atoms with Gasteiger partial charge in [-0.1, -0.05) is 6.42 Å². The van der Waals surface area contributed by atoms with Crippen LogP contribution in [0, 0.1) is 0 Å². The Balaban J connectivity index is 2.47. The first kappa shape index (κ1) is 12.9. The molecule has 0 saturated carbocycles. The zero-order valence-corrected chi connectivity index (χ0v) is 10.8. The Bertz CT molecular complexity index is 176. The Labute approximate surface area is 94.1 Å². The lowest BCUT2D eigenvalue weighted by atomic mass is 9.99. The van der Waals surface area contributed by atoms with Crippen molar-refractivity contribution in [2.24, 2.45) is 0 Å². The summed E-state index contributed by atoms with van der Waals surface area (Å²) in [6, 6.07) is 1.65. The summed E-state index contributed by atoms with van der Waals surface area (Å²) in [6.07, 6.45) is 4.21. The molecule has 3 heteroatoms. The quantitative estimate of drug-likeness (QED) is 0.776. The van der Waals surface area contributed by atoms with Crippen LogP contribution in [-0.4, -0.2) is 36.3 Å². The molecule has 1 aliphatic rings. The summed E-state index contributed by atoms with van der Waals surface area (Å²) in [6.45, 7) is 8.89. The third-order valence-electron chi connectivity index (χ3n) is 3.62. The Morgan fingerprint density at radius 2 is 1.73 bits per heavy atom. The van der Waals surface area contributed by atoms with Crippen LogP contribution >= 0.6 is 0 Å². The van der Waals surface area contributed by atoms with E-state index < -0.39 is 0 Å². The molecule has 15 heavy (non-hydrogen) atoms. The number of methoxy groups -OCH3 is 1. The van der Waals surface area contributed by atoms with Crippen molar-refractivity contribution in [2.75, 3.05) is 7.11 Å². The van der Waals surface area contributed by atoms with E-state index in [2.05, 4.69) is 38.1 Å². The minimum absolute atomic E-state index is 0.256. The lowest BCUT2D eigenvalue weighted by molar-refractivity contribution is -0.00567. The van der Waals surface area contributed by atoms with Crippen LogP contribution in [0.4, 0.5) is 0 Å². The highest BCUT2D eigenvalue weighted by atomic mass is 16.5. The molecule has 0 spiro atoms. The standard InChI is InChI=1S/C12H26N2O/c1-9-7-6-8-10(2)14(9)13-11(3)12(4)15-5/h9-13H,6-8H2,1-5H3. The van der Waals surface area contributed by atoms with E-state index in [0.29, 0.717) is 18.1 Å². The van der Waals surface area contributed by atoms with Crippen LogP contribution in [0.2, 0.25) is 0 Å². The fraction of sp³-hybridized carbons (Fsp3) is 1.00. The first-order valence-electron chi connectivity index (χ1n) is 6.13. The second-order valence-electron chi connectivity index (χ2n) is 4.89. The first-order chi connectivity index (χ1) is 7.06. The van der Waals surface area contributed by atoms with Gasteiger partial charge in [0.1, 0.15) is 0 Å². The molecule has 1 rings (SSSR count). The second kappa shape index (κ2) is 5.83. The number of ether oxygens (including phenoxy) is 1. The van der Waals surface area contributed by atoms with Crippen molar-refractivity contribution in [3.63, 3.8) is 0 Å². The molecule has 0 amide bonds. The largest absolute Gasteiger partial charge is 0.380 e. The monoisotopic (exact) mass is 214 g/mol. The summed E-state index contributed by atoms with van der Waals surface area (Å²) in [5.41, 5.74) is 3.58. The highest BCUT2D eigenvalue weighted by Crippen LogP contribution is 2.20. The molecule has 1 heterocycles. The Kier molecular flexibility index (Phi) is 5.03. The smallest absolute Gasteiger partial charge is 0.0707 e. The summed E-state index contributed by atoms with van der Waals surface area (Å²) in [4.78, 5) is 0. The number of rotatable bonds is 4. The van der Waals surface area contributed by atoms with Gasteiger partial charge >= 0.3 is 0 Å². The minimum Gasteiger partial charge on any atom is -0.380 e. The van der Waals surface area contributed by atoms with Crippen LogP contribution < -0.4 is 5.43 Å². The van der Waals surface area contributed by atoms with Crippen LogP contribution in [0.15, 0.2) is 0 Å². The Morgan fingerprint density at radius 1 is 1.20 bits per heavy atom. The van der Waals surface area contributed by atoms with Gasteiger partial charge in [-0.2, -0.15) is 0 Å². The van der Waals surface area contributed by atoms with Gasteiger partial charge < -0.3 is 4.74 Å². The molecule has 0 aromatic rings. The molecular weight excluding hydrogens is 188 g/mol. The van der Waals surface area contributed by atoms with Gasteiger partial charge in [-0.3, -0.25) is 0 Å². The maximum absolute atomic E-state index is 5.33. The van der Waals surface area contributed by atoms with E-state index >= 15 is 0 Å². The summed E-state index contributed by atoms with van der Waals surface area (Å²) >= 11 is 0. The highest BCUT2D eigenvalue weighted by molar-refractivity contribution is 4.79. The van der Waals surface area contributed by atoms with E-state index in [1.54, 1.807) is 7.11 Å². The Morgan fingerprint density at radius 3 is 2.20 bits per heavy atom. The first-order valence-corrected chi connectivity index (χ1v) is 6.13. The van der Waals surface area contributed by atoms with Gasteiger partial charge in [-0.15, -0.1) is 0 Å². The van der Waals surface area contributed by atoms with Crippen LogP contribution in [0.1, 0.15) is 47.0 Å². The lowest BCUT2D eigenvalue weighted by Gasteiger charge is -2.41. The highest BCUT2D eigenvalue weighted by Gasteiger charge is 2.26. The molecule has 4 unspecified atom stereocenters. The predicted octanol–water partition coefficient (Wildman–Crippen LogP) is 2.18. The normalized spacial score (nSPS) is 32.6. The molecule has 0 aromatic heterocycles. The fourth-order valence-corrected chi connectivity index (χ4v) is 2.22. The van der Waals surface area contributed by atoms with Crippen molar-refractivity contribution in [1.29, 1.82) is 0 Å². The van der Waals surface area contributed by atoms with Gasteiger partial charge in [-0.25, -0.2) is 10.4 Å². The molecule has 1 aliphatic heterocycles. The number of hydrogen-bond donors (Lipinski definition) is 1. The third-order valence-corrected chi connectivity index (χ3v) is 3.62. The summed E-state index contributed by atoms with van der Waals surface area (Å²) in [7, 11) is 1.77. The second-order valence-corrected chi connectivity index (χ2v) is 4.89. The number of nitrogens with one attached hydrogen (secondary N) is 1. The molecule has 1 fully saturated rings. The van der Waals surface area contributed by atoms with Gasteiger partial charge in [0.05, 0.1) is 6.10 Å². The molecule has 3 nitrogen and oxygen atoms in total. The summed E-state index contributed by atoms with van der Waals surface area (Å²) in [5.74, 6) is 0. The van der Waals surface area contributed by atoms with Gasteiger partial charge in [0.2, 0.25) is 0 Å². The average Bonchev–Trinajstić information content (AvgIpc) is 2.22. The van der Waals surface area contributed by atoms with Crippen molar-refractivity contribution < 1.29 is 4.74 Å². The zero-order chi connectivity index (χ0) is 11.4. The molecule has 0 bridgehead atoms. The number of hydrazine groups is 1. The Hall–Kier alpha value is -0.120. The molecular formula is C12H26N2O. The van der Waals surface area contributed by atoms with Crippen LogP contribution in [0.25, 0.3) is 0 Å². The molecule has 1 saturated heterocycles. The van der Waals surface area contributed by atoms with E-state index in [0.717, 1.165) is 0 Å². The molecule has 0 aliphatic carbocycles. The minimum atomic E-state index is 0.256. The summed E-state index contributed by atoms with van der Waals surface area (Å²) < 4.78 is 5.33. The molecule has 0 aromatic carbocycles. The van der Waals surface area contributed by atoms with E-state index in [9.17, 15) is 0 Å². The fourth-order valence-electron chi connectivity index (χ4n) is 2.22. The van der Waals surface area contributed by atoms with Crippen molar-refractivity contribution in [2.45, 2.75) is 71.2 Å². The predicted molar refractivity (Wildman–Crippen MR) is 63.7 cm³/mol. The van der Waals surface area contributed by atoms with Gasteiger partial charge in [0.15, 0.2) is 0 Å². The zero-order valence-electron chi connectivity index (χ0n) is 10.8. The lowest BCUT2D eigenvalue weighted by Crippen LogP contribution is -2.57. The third kappa shape index (κ3) is 3.44. The van der Waals surface area contributed by atoms with Crippen molar-refractivity contribution in [3.8, 4) is 0 Å². The van der Waals surface area contributed by atoms with Crippen molar-refractivity contribution in [1.82, 2.24) is 10.4 Å². The number of nitrogens with zero attached hydrogens (tertiary/aromatic N) is 1. The van der Waals surface area contributed by atoms with Crippen LogP contribution in [0.3, 0.4) is 0 Å². The van der Waals surface area contributed by atoms with E-state index in [1.807, 2.05) is 0 Å². The van der Waals surface area contributed by atoms with Crippen molar-refractivity contribution >= 4 is 0 Å². The number of hydrogen-bond acceptors (Lipinski definition) is 3. The molecule has 4 atom stereocenters. The van der Waals surface area contributed by atoms with Gasteiger partial charge in [0, 0.05) is 25.2 Å². The van der Waals surface area contributed by atoms with E-state index in [4.69, 9.17) is 4.74 Å². The van der Waals surface area contributed by atoms with Crippen LogP contribution in [0.5, 0.6) is 0 Å². The molecule has 0 radical (unpaired) electrons. The SMILES string of the molecule is COC(C)C(C)NN1C(C)CCCC1C. The van der Waals surface area contributed by atoms with E-state index in [1.165, 1.54) is 19.3 Å². The maximum Gasteiger partial charge on any atom is 0.0707 e. The van der Waals surface area contributed by atoms with Gasteiger partial charge in [-0.05, 0) is 40.5 Å². The number of piperidine rings is 1. The van der Waals surface area contributed by atoms with Gasteiger partial charge in [0.25, 0.3) is 0 Å². The van der Waals surface area contributed by atoms with E-state index in [-0.39, 0.29) is 6.10 Å². The van der Waals surface area contributed by atoms with Crippen LogP contribution in [-0.2, 0) is 4.74 Å². The summed E-state index contributed by atoms with van der Waals surface area (Å²) in [5, 5.41) is 2.41.